The standard InChI is InChI=1S/C18H13BrN4O4S2/c1-2-15-21-22-18(28-15)20-16(24)10-3-8-13-14(9-10)29(26,27)23(17(13)25)12-6-4-11(19)5-7-12/h3-9H,2H2,1H3,(H,20,22,24). The maximum atomic E-state index is 13.0. The molecule has 1 aliphatic rings. The van der Waals surface area contributed by atoms with Gasteiger partial charge in [-0.25, -0.2) is 8.42 Å². The van der Waals surface area contributed by atoms with E-state index in [9.17, 15) is 18.0 Å². The number of aromatic nitrogens is 2. The second-order valence-corrected chi connectivity index (χ2v) is 9.80. The number of carbonyl (C=O) groups is 2. The SMILES string of the molecule is CCc1nnc(NC(=O)c2ccc3c(c2)S(=O)(=O)N(c2ccc(Br)cc2)C3=O)s1. The fourth-order valence-electron chi connectivity index (χ4n) is 2.82. The second-order valence-electron chi connectivity index (χ2n) is 6.07. The van der Waals surface area contributed by atoms with Crippen molar-refractivity contribution in [1.82, 2.24) is 10.2 Å². The summed E-state index contributed by atoms with van der Waals surface area (Å²) in [6.45, 7) is 1.92. The highest BCUT2D eigenvalue weighted by Crippen LogP contribution is 2.35. The second kappa shape index (κ2) is 7.32. The third kappa shape index (κ3) is 3.45. The number of anilines is 2. The summed E-state index contributed by atoms with van der Waals surface area (Å²) in [5, 5.41) is 11.5. The molecule has 0 unspecified atom stereocenters. The number of hydrogen-bond donors (Lipinski definition) is 1. The maximum Gasteiger partial charge on any atom is 0.273 e. The van der Waals surface area contributed by atoms with Crippen molar-refractivity contribution in [3.63, 3.8) is 0 Å². The Morgan fingerprint density at radius 3 is 2.55 bits per heavy atom. The number of hydrogen-bond acceptors (Lipinski definition) is 7. The number of rotatable bonds is 4. The Hall–Kier alpha value is -2.63. The highest BCUT2D eigenvalue weighted by molar-refractivity contribution is 9.10. The summed E-state index contributed by atoms with van der Waals surface area (Å²) in [7, 11) is -4.13. The van der Waals surface area contributed by atoms with Crippen molar-refractivity contribution in [3.8, 4) is 0 Å². The van der Waals surface area contributed by atoms with Crippen molar-refractivity contribution in [2.45, 2.75) is 18.2 Å². The number of benzene rings is 2. The van der Waals surface area contributed by atoms with Crippen molar-refractivity contribution in [2.75, 3.05) is 9.62 Å². The van der Waals surface area contributed by atoms with Crippen LogP contribution in [0, 0.1) is 0 Å². The van der Waals surface area contributed by atoms with Crippen LogP contribution in [0.3, 0.4) is 0 Å². The molecule has 1 N–H and O–H groups in total. The van der Waals surface area contributed by atoms with Gasteiger partial charge >= 0.3 is 0 Å². The van der Waals surface area contributed by atoms with Crippen LogP contribution in [0.5, 0.6) is 0 Å². The summed E-state index contributed by atoms with van der Waals surface area (Å²) >= 11 is 4.52. The highest BCUT2D eigenvalue weighted by atomic mass is 79.9. The molecule has 2 aromatic carbocycles. The molecular formula is C18H13BrN4O4S2. The lowest BCUT2D eigenvalue weighted by molar-refractivity contribution is 0.100. The van der Waals surface area contributed by atoms with Crippen molar-refractivity contribution in [1.29, 1.82) is 0 Å². The minimum atomic E-state index is -4.13. The van der Waals surface area contributed by atoms with Gasteiger partial charge in [0, 0.05) is 10.0 Å². The minimum absolute atomic E-state index is 0.0219. The zero-order valence-corrected chi connectivity index (χ0v) is 18.1. The molecule has 1 aromatic heterocycles. The molecule has 0 saturated carbocycles. The van der Waals surface area contributed by atoms with Crippen molar-refractivity contribution in [3.05, 3.63) is 63.1 Å². The Labute approximate surface area is 178 Å². The lowest BCUT2D eigenvalue weighted by Gasteiger charge is -2.15. The van der Waals surface area contributed by atoms with E-state index in [1.807, 2.05) is 6.92 Å². The van der Waals surface area contributed by atoms with Crippen LogP contribution in [-0.2, 0) is 16.4 Å². The Bertz CT molecular complexity index is 1240. The first kappa shape index (κ1) is 19.7. The van der Waals surface area contributed by atoms with Crippen LogP contribution in [0.1, 0.15) is 32.6 Å². The Morgan fingerprint density at radius 1 is 1.17 bits per heavy atom. The van der Waals surface area contributed by atoms with Crippen LogP contribution >= 0.6 is 27.3 Å². The highest BCUT2D eigenvalue weighted by Gasteiger charge is 2.42. The molecule has 0 aliphatic carbocycles. The van der Waals surface area contributed by atoms with Crippen LogP contribution in [0.25, 0.3) is 0 Å². The average molecular weight is 493 g/mol. The van der Waals surface area contributed by atoms with E-state index in [0.717, 1.165) is 13.8 Å². The molecule has 0 saturated heterocycles. The van der Waals surface area contributed by atoms with Crippen LogP contribution in [0.2, 0.25) is 0 Å². The molecule has 0 radical (unpaired) electrons. The zero-order chi connectivity index (χ0) is 20.8. The number of fused-ring (bicyclic) bond motifs is 1. The topological polar surface area (TPSA) is 109 Å². The summed E-state index contributed by atoms with van der Waals surface area (Å²) in [5.41, 5.74) is 0.348. The van der Waals surface area contributed by atoms with E-state index in [4.69, 9.17) is 0 Å². The van der Waals surface area contributed by atoms with Gasteiger partial charge in [-0.15, -0.1) is 10.2 Å². The van der Waals surface area contributed by atoms with Gasteiger partial charge in [0.1, 0.15) is 9.90 Å². The van der Waals surface area contributed by atoms with Gasteiger partial charge in [-0.3, -0.25) is 14.9 Å². The lowest BCUT2D eigenvalue weighted by Crippen LogP contribution is -2.29. The van der Waals surface area contributed by atoms with Crippen molar-refractivity contribution >= 4 is 59.9 Å². The van der Waals surface area contributed by atoms with Gasteiger partial charge in [-0.2, -0.15) is 4.31 Å². The number of nitrogens with one attached hydrogen (secondary N) is 1. The van der Waals surface area contributed by atoms with E-state index in [0.29, 0.717) is 11.6 Å². The molecule has 0 fully saturated rings. The largest absolute Gasteiger partial charge is 0.296 e. The van der Waals surface area contributed by atoms with E-state index in [2.05, 4.69) is 31.4 Å². The fraction of sp³-hybridized carbons (Fsp3) is 0.111. The first-order valence-corrected chi connectivity index (χ1v) is 11.5. The molecule has 0 spiro atoms. The van der Waals surface area contributed by atoms with E-state index >= 15 is 0 Å². The van der Waals surface area contributed by atoms with Gasteiger partial charge in [0.25, 0.3) is 21.8 Å². The molecule has 2 amide bonds. The van der Waals surface area contributed by atoms with Crippen LogP contribution in [0.4, 0.5) is 10.8 Å². The number of carbonyl (C=O) groups excluding carboxylic acids is 2. The minimum Gasteiger partial charge on any atom is -0.296 e. The first-order valence-electron chi connectivity index (χ1n) is 8.44. The van der Waals surface area contributed by atoms with Crippen molar-refractivity contribution in [2.24, 2.45) is 0 Å². The molecule has 1 aliphatic heterocycles. The summed E-state index contributed by atoms with van der Waals surface area (Å²) in [4.78, 5) is 25.0. The number of amides is 2. The van der Waals surface area contributed by atoms with Gasteiger partial charge in [0.2, 0.25) is 5.13 Å². The Kier molecular flexibility index (Phi) is 4.97. The zero-order valence-electron chi connectivity index (χ0n) is 14.9. The molecule has 29 heavy (non-hydrogen) atoms. The van der Waals surface area contributed by atoms with Gasteiger partial charge in [0.05, 0.1) is 11.3 Å². The first-order chi connectivity index (χ1) is 13.8. The summed E-state index contributed by atoms with van der Waals surface area (Å²) in [6.07, 6.45) is 0.693. The van der Waals surface area contributed by atoms with Gasteiger partial charge < -0.3 is 0 Å². The predicted octanol–water partition coefficient (Wildman–Crippen LogP) is 3.46. The Balaban J connectivity index is 1.68. The maximum absolute atomic E-state index is 13.0. The number of nitrogens with zero attached hydrogens (tertiary/aromatic N) is 3. The van der Waals surface area contributed by atoms with Crippen molar-refractivity contribution < 1.29 is 18.0 Å². The molecule has 3 aromatic rings. The van der Waals surface area contributed by atoms with E-state index in [-0.39, 0.29) is 21.7 Å². The molecule has 4 rings (SSSR count). The third-order valence-corrected chi connectivity index (χ3v) is 7.49. The number of aryl methyl sites for hydroxylation is 1. The van der Waals surface area contributed by atoms with E-state index in [1.54, 1.807) is 12.1 Å². The van der Waals surface area contributed by atoms with E-state index < -0.39 is 21.8 Å². The summed E-state index contributed by atoms with van der Waals surface area (Å²) < 4.78 is 27.5. The van der Waals surface area contributed by atoms with Gasteiger partial charge in [-0.1, -0.05) is 34.2 Å². The third-order valence-electron chi connectivity index (χ3n) is 4.23. The van der Waals surface area contributed by atoms with Gasteiger partial charge in [-0.05, 0) is 48.9 Å². The summed E-state index contributed by atoms with van der Waals surface area (Å²) in [6, 6.07) is 10.3. The quantitative estimate of drug-likeness (QED) is 0.596. The molecule has 2 heterocycles. The van der Waals surface area contributed by atoms with Crippen LogP contribution < -0.4 is 9.62 Å². The molecule has 8 nitrogen and oxygen atoms in total. The van der Waals surface area contributed by atoms with Gasteiger partial charge in [0.15, 0.2) is 0 Å². The van der Waals surface area contributed by atoms with E-state index in [1.165, 1.54) is 41.7 Å². The monoisotopic (exact) mass is 492 g/mol. The molecule has 0 bridgehead atoms. The van der Waals surface area contributed by atoms with Crippen LogP contribution in [-0.4, -0.2) is 30.4 Å². The predicted molar refractivity (Wildman–Crippen MR) is 112 cm³/mol. The number of sulfonamides is 1. The van der Waals surface area contributed by atoms with Crippen LogP contribution in [0.15, 0.2) is 51.8 Å². The normalized spacial score (nSPS) is 14.7. The molecule has 11 heteroatoms. The lowest BCUT2D eigenvalue weighted by atomic mass is 10.1. The molecule has 0 atom stereocenters. The number of halogens is 1. The average Bonchev–Trinajstić information content (AvgIpc) is 3.23. The Morgan fingerprint density at radius 2 is 1.90 bits per heavy atom. The molecular weight excluding hydrogens is 480 g/mol. The molecule has 148 valence electrons. The smallest absolute Gasteiger partial charge is 0.273 e. The fourth-order valence-corrected chi connectivity index (χ4v) is 5.38. The summed E-state index contributed by atoms with van der Waals surface area (Å²) in [5.74, 6) is -1.19.